The predicted molar refractivity (Wildman–Crippen MR) is 117 cm³/mol. The molecule has 0 fully saturated rings. The number of nitrogens with zero attached hydrogens (tertiary/aromatic N) is 1. The molecule has 1 atom stereocenters. The standard InChI is InChI=1S/C25H25FN2O3/c1-27-25(30)23(16-19-10-4-2-5-11-19)28(17-20-12-8-9-15-22(20)26)24(29)18-31-21-13-6-3-7-14-21/h2-15,23H,16-18H2,1H3,(H,27,30)/t23-/m0/s1. The number of halogens is 1. The minimum atomic E-state index is -0.820. The first-order valence-electron chi connectivity index (χ1n) is 10.0. The quantitative estimate of drug-likeness (QED) is 0.576. The van der Waals surface area contributed by atoms with Gasteiger partial charge in [0.05, 0.1) is 0 Å². The van der Waals surface area contributed by atoms with Crippen LogP contribution >= 0.6 is 0 Å². The van der Waals surface area contributed by atoms with Gasteiger partial charge in [-0.05, 0) is 23.8 Å². The molecule has 3 aromatic carbocycles. The van der Waals surface area contributed by atoms with Gasteiger partial charge in [-0.3, -0.25) is 9.59 Å². The molecule has 0 aliphatic heterocycles. The second-order valence-corrected chi connectivity index (χ2v) is 7.03. The minimum Gasteiger partial charge on any atom is -0.484 e. The Morgan fingerprint density at radius 1 is 0.935 bits per heavy atom. The van der Waals surface area contributed by atoms with Gasteiger partial charge in [0.1, 0.15) is 17.6 Å². The lowest BCUT2D eigenvalue weighted by Gasteiger charge is -2.31. The Labute approximate surface area is 181 Å². The van der Waals surface area contributed by atoms with Gasteiger partial charge < -0.3 is 15.0 Å². The van der Waals surface area contributed by atoms with Crippen molar-refractivity contribution in [1.29, 1.82) is 0 Å². The Morgan fingerprint density at radius 3 is 2.19 bits per heavy atom. The number of carbonyl (C=O) groups is 2. The molecule has 0 spiro atoms. The Balaban J connectivity index is 1.88. The summed E-state index contributed by atoms with van der Waals surface area (Å²) in [6.07, 6.45) is 0.298. The molecule has 0 radical (unpaired) electrons. The number of ether oxygens (including phenoxy) is 1. The zero-order chi connectivity index (χ0) is 22.1. The van der Waals surface area contributed by atoms with E-state index in [0.29, 0.717) is 17.7 Å². The number of hydrogen-bond acceptors (Lipinski definition) is 3. The van der Waals surface area contributed by atoms with E-state index in [4.69, 9.17) is 4.74 Å². The number of hydrogen-bond donors (Lipinski definition) is 1. The molecule has 0 bridgehead atoms. The molecule has 0 unspecified atom stereocenters. The lowest BCUT2D eigenvalue weighted by Crippen LogP contribution is -2.51. The highest BCUT2D eigenvalue weighted by Crippen LogP contribution is 2.17. The van der Waals surface area contributed by atoms with Crippen LogP contribution in [0, 0.1) is 5.82 Å². The SMILES string of the molecule is CNC(=O)[C@H](Cc1ccccc1)N(Cc1ccccc1F)C(=O)COc1ccccc1. The van der Waals surface area contributed by atoms with Gasteiger partial charge in [-0.2, -0.15) is 0 Å². The van der Waals surface area contributed by atoms with Gasteiger partial charge in [0.25, 0.3) is 5.91 Å². The van der Waals surface area contributed by atoms with E-state index in [1.54, 1.807) is 42.5 Å². The summed E-state index contributed by atoms with van der Waals surface area (Å²) in [5, 5.41) is 2.63. The van der Waals surface area contributed by atoms with Crippen molar-refractivity contribution in [3.05, 3.63) is 102 Å². The normalized spacial score (nSPS) is 11.4. The first-order valence-corrected chi connectivity index (χ1v) is 10.0. The van der Waals surface area contributed by atoms with E-state index in [-0.39, 0.29) is 19.1 Å². The van der Waals surface area contributed by atoms with Crippen molar-refractivity contribution in [1.82, 2.24) is 10.2 Å². The van der Waals surface area contributed by atoms with Crippen LogP contribution in [0.2, 0.25) is 0 Å². The fourth-order valence-electron chi connectivity index (χ4n) is 3.28. The van der Waals surface area contributed by atoms with E-state index in [0.717, 1.165) is 5.56 Å². The lowest BCUT2D eigenvalue weighted by molar-refractivity contribution is -0.142. The topological polar surface area (TPSA) is 58.6 Å². The molecular formula is C25H25FN2O3. The van der Waals surface area contributed by atoms with Crippen LogP contribution in [0.3, 0.4) is 0 Å². The molecule has 31 heavy (non-hydrogen) atoms. The van der Waals surface area contributed by atoms with Crippen LogP contribution in [0.4, 0.5) is 4.39 Å². The van der Waals surface area contributed by atoms with E-state index < -0.39 is 17.8 Å². The Kier molecular flexibility index (Phi) is 7.76. The number of rotatable bonds is 9. The second-order valence-electron chi connectivity index (χ2n) is 7.03. The number of para-hydroxylation sites is 1. The zero-order valence-electron chi connectivity index (χ0n) is 17.3. The highest BCUT2D eigenvalue weighted by atomic mass is 19.1. The molecule has 0 aromatic heterocycles. The number of amides is 2. The van der Waals surface area contributed by atoms with Crippen molar-refractivity contribution >= 4 is 11.8 Å². The van der Waals surface area contributed by atoms with Gasteiger partial charge in [-0.25, -0.2) is 4.39 Å². The molecule has 1 N–H and O–H groups in total. The van der Waals surface area contributed by atoms with Gasteiger partial charge in [-0.1, -0.05) is 66.7 Å². The van der Waals surface area contributed by atoms with Crippen LogP contribution in [-0.4, -0.2) is 36.4 Å². The van der Waals surface area contributed by atoms with Gasteiger partial charge in [0, 0.05) is 25.6 Å². The lowest BCUT2D eigenvalue weighted by atomic mass is 10.0. The largest absolute Gasteiger partial charge is 0.484 e. The summed E-state index contributed by atoms with van der Waals surface area (Å²) in [5.74, 6) is -0.620. The summed E-state index contributed by atoms with van der Waals surface area (Å²) < 4.78 is 20.0. The Hall–Kier alpha value is -3.67. The van der Waals surface area contributed by atoms with Crippen LogP contribution in [0.25, 0.3) is 0 Å². The number of likely N-dealkylation sites (N-methyl/N-ethyl adjacent to an activating group) is 1. The smallest absolute Gasteiger partial charge is 0.261 e. The highest BCUT2D eigenvalue weighted by molar-refractivity contribution is 5.88. The molecule has 0 saturated carbocycles. The maximum Gasteiger partial charge on any atom is 0.261 e. The molecule has 3 rings (SSSR count). The molecule has 0 heterocycles. The molecule has 5 nitrogen and oxygen atoms in total. The zero-order valence-corrected chi connectivity index (χ0v) is 17.3. The van der Waals surface area contributed by atoms with Crippen LogP contribution < -0.4 is 10.1 Å². The maximum absolute atomic E-state index is 14.4. The third-order valence-corrected chi connectivity index (χ3v) is 4.92. The Bertz CT molecular complexity index is 996. The Morgan fingerprint density at radius 2 is 1.55 bits per heavy atom. The van der Waals surface area contributed by atoms with Gasteiger partial charge in [-0.15, -0.1) is 0 Å². The number of carbonyl (C=O) groups excluding carboxylic acids is 2. The molecule has 0 aliphatic carbocycles. The third-order valence-electron chi connectivity index (χ3n) is 4.92. The summed E-state index contributed by atoms with van der Waals surface area (Å²) in [5.41, 5.74) is 1.23. The van der Waals surface area contributed by atoms with Crippen molar-refractivity contribution in [2.45, 2.75) is 19.0 Å². The van der Waals surface area contributed by atoms with Crippen molar-refractivity contribution in [2.75, 3.05) is 13.7 Å². The summed E-state index contributed by atoms with van der Waals surface area (Å²) >= 11 is 0. The van der Waals surface area contributed by atoms with E-state index in [9.17, 15) is 14.0 Å². The van der Waals surface area contributed by atoms with Gasteiger partial charge in [0.2, 0.25) is 5.91 Å². The highest BCUT2D eigenvalue weighted by Gasteiger charge is 2.30. The summed E-state index contributed by atoms with van der Waals surface area (Å²) in [6.45, 7) is -0.310. The van der Waals surface area contributed by atoms with Crippen molar-refractivity contribution in [3.63, 3.8) is 0 Å². The minimum absolute atomic E-state index is 0.0470. The molecule has 6 heteroatoms. The first-order chi connectivity index (χ1) is 15.1. The van der Waals surface area contributed by atoms with Crippen LogP contribution in [-0.2, 0) is 22.6 Å². The number of nitrogens with one attached hydrogen (secondary N) is 1. The summed E-state index contributed by atoms with van der Waals surface area (Å²) in [4.78, 5) is 27.3. The van der Waals surface area contributed by atoms with Crippen LogP contribution in [0.15, 0.2) is 84.9 Å². The number of benzene rings is 3. The molecule has 2 amide bonds. The molecular weight excluding hydrogens is 395 g/mol. The predicted octanol–water partition coefficient (Wildman–Crippen LogP) is 3.59. The van der Waals surface area contributed by atoms with Crippen molar-refractivity contribution < 1.29 is 18.7 Å². The first kappa shape index (κ1) is 22.0. The fourth-order valence-corrected chi connectivity index (χ4v) is 3.28. The van der Waals surface area contributed by atoms with E-state index in [1.807, 2.05) is 36.4 Å². The van der Waals surface area contributed by atoms with E-state index >= 15 is 0 Å². The second kappa shape index (κ2) is 10.9. The average molecular weight is 420 g/mol. The van der Waals surface area contributed by atoms with Gasteiger partial charge >= 0.3 is 0 Å². The summed E-state index contributed by atoms with van der Waals surface area (Å²) in [7, 11) is 1.52. The average Bonchev–Trinajstić information content (AvgIpc) is 2.81. The monoisotopic (exact) mass is 420 g/mol. The van der Waals surface area contributed by atoms with Crippen LogP contribution in [0.1, 0.15) is 11.1 Å². The van der Waals surface area contributed by atoms with E-state index in [1.165, 1.54) is 18.0 Å². The summed E-state index contributed by atoms with van der Waals surface area (Å²) in [6, 6.07) is 23.8. The van der Waals surface area contributed by atoms with E-state index in [2.05, 4.69) is 5.32 Å². The molecule has 0 saturated heterocycles. The maximum atomic E-state index is 14.4. The molecule has 3 aromatic rings. The van der Waals surface area contributed by atoms with Crippen molar-refractivity contribution in [3.8, 4) is 5.75 Å². The molecule has 0 aliphatic rings. The fraction of sp³-hybridized carbons (Fsp3) is 0.200. The van der Waals surface area contributed by atoms with Crippen LogP contribution in [0.5, 0.6) is 5.75 Å². The van der Waals surface area contributed by atoms with Crippen molar-refractivity contribution in [2.24, 2.45) is 0 Å². The molecule has 160 valence electrons. The van der Waals surface area contributed by atoms with Gasteiger partial charge in [0.15, 0.2) is 6.61 Å². The third kappa shape index (κ3) is 6.15.